The number of thioether (sulfide) groups is 1. The van der Waals surface area contributed by atoms with E-state index in [0.717, 1.165) is 16.2 Å². The first-order valence-electron chi connectivity index (χ1n) is 9.50. The summed E-state index contributed by atoms with van der Waals surface area (Å²) in [5.74, 6) is 1.14. The van der Waals surface area contributed by atoms with Crippen molar-refractivity contribution in [2.45, 2.75) is 37.2 Å². The van der Waals surface area contributed by atoms with Crippen LogP contribution in [0.1, 0.15) is 25.3 Å². The Morgan fingerprint density at radius 3 is 2.55 bits per heavy atom. The molecule has 0 aliphatic carbocycles. The number of carbonyl (C=O) groups excluding carboxylic acids is 2. The van der Waals surface area contributed by atoms with Gasteiger partial charge in [-0.3, -0.25) is 9.59 Å². The number of methoxy groups -OCH3 is 1. The molecule has 5 nitrogen and oxygen atoms in total. The highest BCUT2D eigenvalue weighted by Gasteiger charge is 2.27. The number of hydrogen-bond acceptors (Lipinski definition) is 4. The molecule has 1 N–H and O–H groups in total. The van der Waals surface area contributed by atoms with Crippen LogP contribution in [0.4, 0.5) is 0 Å². The summed E-state index contributed by atoms with van der Waals surface area (Å²) in [7, 11) is 3.20. The third-order valence-corrected chi connectivity index (χ3v) is 5.78. The van der Waals surface area contributed by atoms with Crippen LogP contribution in [0.25, 0.3) is 0 Å². The van der Waals surface area contributed by atoms with Gasteiger partial charge in [-0.2, -0.15) is 0 Å². The highest BCUT2D eigenvalue weighted by molar-refractivity contribution is 7.99. The van der Waals surface area contributed by atoms with Crippen molar-refractivity contribution < 1.29 is 14.3 Å². The molecule has 29 heavy (non-hydrogen) atoms. The predicted octanol–water partition coefficient (Wildman–Crippen LogP) is 4.38. The summed E-state index contributed by atoms with van der Waals surface area (Å²) in [6.45, 7) is 2.27. The van der Waals surface area contributed by atoms with E-state index in [1.54, 1.807) is 30.8 Å². The summed E-state index contributed by atoms with van der Waals surface area (Å²) in [4.78, 5) is 28.1. The molecule has 0 aliphatic heterocycles. The zero-order valence-corrected chi connectivity index (χ0v) is 18.6. The van der Waals surface area contributed by atoms with Gasteiger partial charge < -0.3 is 15.0 Å². The highest BCUT2D eigenvalue weighted by Crippen LogP contribution is 2.23. The van der Waals surface area contributed by atoms with Gasteiger partial charge in [-0.15, -0.1) is 11.8 Å². The quantitative estimate of drug-likeness (QED) is 0.563. The molecule has 0 heterocycles. The van der Waals surface area contributed by atoms with Gasteiger partial charge in [-0.1, -0.05) is 30.7 Å². The van der Waals surface area contributed by atoms with Crippen molar-refractivity contribution in [3.63, 3.8) is 0 Å². The van der Waals surface area contributed by atoms with Gasteiger partial charge in [0.25, 0.3) is 0 Å². The largest absolute Gasteiger partial charge is 0.497 e. The average molecular weight is 435 g/mol. The van der Waals surface area contributed by atoms with Gasteiger partial charge in [0.2, 0.25) is 11.8 Å². The van der Waals surface area contributed by atoms with E-state index in [4.69, 9.17) is 16.3 Å². The molecule has 156 valence electrons. The molecule has 2 amide bonds. The van der Waals surface area contributed by atoms with E-state index in [9.17, 15) is 9.59 Å². The Morgan fingerprint density at radius 2 is 1.93 bits per heavy atom. The van der Waals surface area contributed by atoms with E-state index in [0.29, 0.717) is 30.2 Å². The number of hydrogen-bond donors (Lipinski definition) is 1. The molecule has 0 saturated heterocycles. The number of benzene rings is 2. The van der Waals surface area contributed by atoms with Crippen molar-refractivity contribution in [2.75, 3.05) is 19.9 Å². The summed E-state index contributed by atoms with van der Waals surface area (Å²) < 4.78 is 5.28. The standard InChI is InChI=1S/C22H27ClN2O3S/c1-4-20(22(27)24-2)25(15-16-6-5-7-18(14-16)28-3)21(26)12-13-29-19-10-8-17(23)9-11-19/h5-11,14,20H,4,12-13,15H2,1-3H3,(H,24,27)/t20-/m1/s1. The molecule has 0 aromatic heterocycles. The van der Waals surface area contributed by atoms with Crippen LogP contribution in [-0.2, 0) is 16.1 Å². The zero-order chi connectivity index (χ0) is 21.2. The molecule has 2 aromatic rings. The van der Waals surface area contributed by atoms with Crippen molar-refractivity contribution in [2.24, 2.45) is 0 Å². The number of halogens is 1. The van der Waals surface area contributed by atoms with Crippen LogP contribution in [0.3, 0.4) is 0 Å². The molecule has 2 aromatic carbocycles. The second kappa shape index (κ2) is 11.7. The maximum atomic E-state index is 13.0. The van der Waals surface area contributed by atoms with Gasteiger partial charge >= 0.3 is 0 Å². The average Bonchev–Trinajstić information content (AvgIpc) is 2.74. The number of nitrogens with one attached hydrogen (secondary N) is 1. The smallest absolute Gasteiger partial charge is 0.242 e. The second-order valence-electron chi connectivity index (χ2n) is 6.46. The number of rotatable bonds is 10. The topological polar surface area (TPSA) is 58.6 Å². The molecule has 7 heteroatoms. The van der Waals surface area contributed by atoms with E-state index in [1.165, 1.54) is 0 Å². The first kappa shape index (κ1) is 23.1. The Labute approximate surface area is 181 Å². The first-order chi connectivity index (χ1) is 14.0. The van der Waals surface area contributed by atoms with E-state index >= 15 is 0 Å². The summed E-state index contributed by atoms with van der Waals surface area (Å²) in [5, 5.41) is 3.36. The normalized spacial score (nSPS) is 11.6. The summed E-state index contributed by atoms with van der Waals surface area (Å²) in [5.41, 5.74) is 0.922. The molecule has 1 atom stereocenters. The summed E-state index contributed by atoms with van der Waals surface area (Å²) in [6.07, 6.45) is 0.879. The SMILES string of the molecule is CC[C@H](C(=O)NC)N(Cc1cccc(OC)c1)C(=O)CCSc1ccc(Cl)cc1. The van der Waals surface area contributed by atoms with Crippen molar-refractivity contribution in [1.29, 1.82) is 0 Å². The van der Waals surface area contributed by atoms with Gasteiger partial charge in [-0.25, -0.2) is 0 Å². The summed E-state index contributed by atoms with van der Waals surface area (Å²) in [6, 6.07) is 14.6. The van der Waals surface area contributed by atoms with Crippen LogP contribution in [-0.4, -0.2) is 42.7 Å². The minimum atomic E-state index is -0.515. The molecule has 0 spiro atoms. The Bertz CT molecular complexity index is 814. The summed E-state index contributed by atoms with van der Waals surface area (Å²) >= 11 is 7.51. The monoisotopic (exact) mass is 434 g/mol. The van der Waals surface area contributed by atoms with Gasteiger partial charge in [0.05, 0.1) is 7.11 Å². The van der Waals surface area contributed by atoms with Crippen LogP contribution in [0.5, 0.6) is 5.75 Å². The molecule has 0 saturated carbocycles. The van der Waals surface area contributed by atoms with Gasteiger partial charge in [0.1, 0.15) is 11.8 Å². The minimum Gasteiger partial charge on any atom is -0.497 e. The van der Waals surface area contributed by atoms with Crippen molar-refractivity contribution >= 4 is 35.2 Å². The second-order valence-corrected chi connectivity index (χ2v) is 8.07. The van der Waals surface area contributed by atoms with Crippen molar-refractivity contribution in [1.82, 2.24) is 10.2 Å². The molecule has 0 aliphatic rings. The van der Waals surface area contributed by atoms with Crippen LogP contribution < -0.4 is 10.1 Å². The Kier molecular flexibility index (Phi) is 9.35. The van der Waals surface area contributed by atoms with Crippen molar-refractivity contribution in [3.8, 4) is 5.75 Å². The fraction of sp³-hybridized carbons (Fsp3) is 0.364. The van der Waals surface area contributed by atoms with Crippen molar-refractivity contribution in [3.05, 3.63) is 59.1 Å². The minimum absolute atomic E-state index is 0.0512. The lowest BCUT2D eigenvalue weighted by Gasteiger charge is -2.30. The maximum Gasteiger partial charge on any atom is 0.242 e. The molecule has 0 unspecified atom stereocenters. The van der Waals surface area contributed by atoms with Crippen LogP contribution in [0.15, 0.2) is 53.4 Å². The highest BCUT2D eigenvalue weighted by atomic mass is 35.5. The predicted molar refractivity (Wildman–Crippen MR) is 118 cm³/mol. The number of likely N-dealkylation sites (N-methyl/N-ethyl adjacent to an activating group) is 1. The third-order valence-electron chi connectivity index (χ3n) is 4.52. The zero-order valence-electron chi connectivity index (χ0n) is 17.0. The lowest BCUT2D eigenvalue weighted by atomic mass is 10.1. The van der Waals surface area contributed by atoms with Gasteiger partial charge in [0, 0.05) is 35.7 Å². The fourth-order valence-corrected chi connectivity index (χ4v) is 3.95. The molecular weight excluding hydrogens is 408 g/mol. The fourth-order valence-electron chi connectivity index (χ4n) is 2.98. The molecule has 0 fully saturated rings. The lowest BCUT2D eigenvalue weighted by molar-refractivity contribution is -0.140. The Morgan fingerprint density at radius 1 is 1.21 bits per heavy atom. The number of carbonyl (C=O) groups is 2. The Hall–Kier alpha value is -2.18. The van der Waals surface area contributed by atoms with Gasteiger partial charge in [0.15, 0.2) is 0 Å². The molecule has 0 radical (unpaired) electrons. The van der Waals surface area contributed by atoms with E-state index in [-0.39, 0.29) is 11.8 Å². The van der Waals surface area contributed by atoms with E-state index in [1.807, 2.05) is 55.5 Å². The maximum absolute atomic E-state index is 13.0. The number of nitrogens with zero attached hydrogens (tertiary/aromatic N) is 1. The third kappa shape index (κ3) is 6.98. The molecule has 2 rings (SSSR count). The van der Waals surface area contributed by atoms with E-state index in [2.05, 4.69) is 5.32 Å². The Balaban J connectivity index is 2.10. The van der Waals surface area contributed by atoms with Crippen LogP contribution in [0.2, 0.25) is 5.02 Å². The van der Waals surface area contributed by atoms with Crippen LogP contribution >= 0.6 is 23.4 Å². The number of amides is 2. The first-order valence-corrected chi connectivity index (χ1v) is 10.9. The van der Waals surface area contributed by atoms with E-state index < -0.39 is 6.04 Å². The van der Waals surface area contributed by atoms with Gasteiger partial charge in [-0.05, 0) is 48.4 Å². The molecule has 0 bridgehead atoms. The number of ether oxygens (including phenoxy) is 1. The lowest BCUT2D eigenvalue weighted by Crippen LogP contribution is -2.48. The van der Waals surface area contributed by atoms with Crippen LogP contribution in [0, 0.1) is 0 Å². The molecular formula is C22H27ClN2O3S.